The molecule has 0 bridgehead atoms. The average molecular weight is 262 g/mol. The van der Waals surface area contributed by atoms with Crippen LogP contribution in [0, 0.1) is 0 Å². The Morgan fingerprint density at radius 3 is 3.18 bits per heavy atom. The second-order valence-corrected chi connectivity index (χ2v) is 4.30. The zero-order valence-corrected chi connectivity index (χ0v) is 9.43. The Labute approximate surface area is 103 Å². The van der Waals surface area contributed by atoms with E-state index in [1.54, 1.807) is 0 Å². The summed E-state index contributed by atoms with van der Waals surface area (Å²) in [6.45, 7) is 0.222. The maximum absolute atomic E-state index is 13.3. The van der Waals surface area contributed by atoms with E-state index in [1.165, 1.54) is 6.20 Å². The van der Waals surface area contributed by atoms with Gasteiger partial charge in [0.05, 0.1) is 19.4 Å². The van der Waals surface area contributed by atoms with E-state index in [-0.39, 0.29) is 30.4 Å². The number of rotatable bonds is 2. The summed E-state index contributed by atoms with van der Waals surface area (Å²) in [5.74, 6) is 0.0943. The van der Waals surface area contributed by atoms with Gasteiger partial charge < -0.3 is 14.2 Å². The normalized spacial score (nSPS) is 36.7. The number of hydrogen-bond acceptors (Lipinski definition) is 5. The van der Waals surface area contributed by atoms with E-state index < -0.39 is 24.5 Å². The molecule has 2 saturated heterocycles. The number of nitrogens with zero attached hydrogens (tertiary/aromatic N) is 2. The molecule has 1 aromatic heterocycles. The van der Waals surface area contributed by atoms with Crippen molar-refractivity contribution in [2.45, 2.75) is 24.5 Å². The van der Waals surface area contributed by atoms with Crippen LogP contribution in [0.3, 0.4) is 0 Å². The van der Waals surface area contributed by atoms with Gasteiger partial charge in [-0.3, -0.25) is 0 Å². The summed E-state index contributed by atoms with van der Waals surface area (Å²) in [4.78, 5) is 7.38. The summed E-state index contributed by atoms with van der Waals surface area (Å²) in [5, 5.41) is 0.198. The second kappa shape index (κ2) is 4.36. The lowest BCUT2D eigenvalue weighted by atomic mass is 10.1. The van der Waals surface area contributed by atoms with Crippen molar-refractivity contribution in [1.29, 1.82) is 0 Å². The van der Waals surface area contributed by atoms with Gasteiger partial charge in [-0.25, -0.2) is 14.4 Å². The van der Waals surface area contributed by atoms with Gasteiger partial charge in [-0.2, -0.15) is 0 Å². The summed E-state index contributed by atoms with van der Waals surface area (Å²) in [5.41, 5.74) is 0. The molecule has 5 nitrogen and oxygen atoms in total. The van der Waals surface area contributed by atoms with Gasteiger partial charge in [0.25, 0.3) is 0 Å². The van der Waals surface area contributed by atoms with Crippen LogP contribution in [0.1, 0.15) is 1.37 Å². The van der Waals surface area contributed by atoms with Crippen molar-refractivity contribution in [2.75, 3.05) is 13.2 Å². The highest BCUT2D eigenvalue weighted by Crippen LogP contribution is 2.32. The lowest BCUT2D eigenvalue weighted by molar-refractivity contribution is 0.0261. The van der Waals surface area contributed by atoms with E-state index in [2.05, 4.69) is 9.97 Å². The molecule has 0 amide bonds. The smallest absolute Gasteiger partial charge is 0.236 e. The molecule has 0 aliphatic carbocycles. The van der Waals surface area contributed by atoms with Gasteiger partial charge >= 0.3 is 0 Å². The van der Waals surface area contributed by atoms with E-state index in [0.717, 1.165) is 0 Å². The Morgan fingerprint density at radius 2 is 2.29 bits per heavy atom. The molecule has 3 heterocycles. The highest BCUT2D eigenvalue weighted by molar-refractivity contribution is 6.31. The fourth-order valence-electron chi connectivity index (χ4n) is 2.01. The highest BCUT2D eigenvalue weighted by Gasteiger charge is 2.49. The maximum Gasteiger partial charge on any atom is 0.236 e. The number of ether oxygens (including phenoxy) is 3. The zero-order valence-electron chi connectivity index (χ0n) is 9.68. The first kappa shape index (κ1) is 9.99. The third-order valence-corrected chi connectivity index (χ3v) is 3.06. The number of hydrogen-bond donors (Lipinski definition) is 0. The summed E-state index contributed by atoms with van der Waals surface area (Å²) in [6.07, 6.45) is -1.56. The van der Waals surface area contributed by atoms with Crippen LogP contribution in [-0.4, -0.2) is 47.7 Å². The summed E-state index contributed by atoms with van der Waals surface area (Å²) in [6, 6.07) is 0. The minimum Gasteiger partial charge on any atom is -0.468 e. The monoisotopic (exact) mass is 261 g/mol. The minimum absolute atomic E-state index is 0.0103. The first-order valence-corrected chi connectivity index (χ1v) is 5.56. The van der Waals surface area contributed by atoms with Crippen molar-refractivity contribution in [3.63, 3.8) is 0 Å². The summed E-state index contributed by atoms with van der Waals surface area (Å²) in [7, 11) is 0. The topological polar surface area (TPSA) is 53.5 Å². The molecule has 0 N–H and O–H groups in total. The van der Waals surface area contributed by atoms with E-state index in [4.69, 9.17) is 27.2 Å². The maximum atomic E-state index is 13.3. The molecule has 92 valence electrons. The van der Waals surface area contributed by atoms with Gasteiger partial charge in [-0.1, -0.05) is 11.6 Å². The standard InChI is InChI=1S/C10H10ClFN2O3/c11-5-1-13-4-14-10(5)17-7-3-16-8-6(12)2-15-9(7)8/h1,4,6-9H,2-3H2/t6-,7+,8+,9+/m0/s1/i4D. The van der Waals surface area contributed by atoms with E-state index in [0.29, 0.717) is 0 Å². The molecule has 2 aliphatic heterocycles. The Balaban J connectivity index is 1.75. The van der Waals surface area contributed by atoms with Crippen LogP contribution in [0.2, 0.25) is 5.02 Å². The first-order valence-electron chi connectivity index (χ1n) is 5.68. The van der Waals surface area contributed by atoms with Crippen LogP contribution in [0.4, 0.5) is 4.39 Å². The molecule has 0 aromatic carbocycles. The molecule has 17 heavy (non-hydrogen) atoms. The number of fused-ring (bicyclic) bond motifs is 1. The Bertz CT molecular complexity index is 467. The molecule has 2 aliphatic rings. The SMILES string of the molecule is [2H]c1ncc(Cl)c(O[C@@H]2CO[C@H]3[C@@H]2OC[C@@H]3F)n1. The van der Waals surface area contributed by atoms with Gasteiger partial charge in [0.1, 0.15) is 24.9 Å². The number of aromatic nitrogens is 2. The van der Waals surface area contributed by atoms with Crippen LogP contribution < -0.4 is 4.74 Å². The zero-order chi connectivity index (χ0) is 12.7. The molecular formula is C10H10ClFN2O3. The van der Waals surface area contributed by atoms with Crippen molar-refractivity contribution in [3.05, 3.63) is 17.5 Å². The van der Waals surface area contributed by atoms with Gasteiger partial charge in [0.15, 0.2) is 12.3 Å². The second-order valence-electron chi connectivity index (χ2n) is 3.89. The van der Waals surface area contributed by atoms with Gasteiger partial charge in [-0.05, 0) is 0 Å². The first-order chi connectivity index (χ1) is 8.65. The van der Waals surface area contributed by atoms with Crippen LogP contribution >= 0.6 is 11.6 Å². The summed E-state index contributed by atoms with van der Waals surface area (Å²) >= 11 is 5.86. The van der Waals surface area contributed by atoms with Crippen molar-refractivity contribution < 1.29 is 20.0 Å². The lowest BCUT2D eigenvalue weighted by Gasteiger charge is -2.17. The quantitative estimate of drug-likeness (QED) is 0.795. The average Bonchev–Trinajstić information content (AvgIpc) is 2.89. The van der Waals surface area contributed by atoms with E-state index >= 15 is 0 Å². The summed E-state index contributed by atoms with van der Waals surface area (Å²) < 4.78 is 36.8. The Morgan fingerprint density at radius 1 is 1.47 bits per heavy atom. The predicted molar refractivity (Wildman–Crippen MR) is 55.8 cm³/mol. The Kier molecular flexibility index (Phi) is 2.56. The third-order valence-electron chi connectivity index (χ3n) is 2.80. The number of alkyl halides is 1. The molecule has 0 unspecified atom stereocenters. The molecule has 0 saturated carbocycles. The van der Waals surface area contributed by atoms with Crippen LogP contribution in [0.5, 0.6) is 5.88 Å². The van der Waals surface area contributed by atoms with Crippen molar-refractivity contribution in [1.82, 2.24) is 9.97 Å². The lowest BCUT2D eigenvalue weighted by Crippen LogP contribution is -2.34. The van der Waals surface area contributed by atoms with Gasteiger partial charge in [0, 0.05) is 0 Å². The van der Waals surface area contributed by atoms with Crippen molar-refractivity contribution >= 4 is 11.6 Å². The predicted octanol–water partition coefficient (Wildman–Crippen LogP) is 1.01. The molecule has 0 spiro atoms. The highest BCUT2D eigenvalue weighted by atomic mass is 35.5. The van der Waals surface area contributed by atoms with Crippen molar-refractivity contribution in [2.24, 2.45) is 0 Å². The molecule has 4 atom stereocenters. The van der Waals surface area contributed by atoms with Crippen LogP contribution in [-0.2, 0) is 9.47 Å². The molecule has 1 aromatic rings. The minimum atomic E-state index is -1.13. The largest absolute Gasteiger partial charge is 0.468 e. The fourth-order valence-corrected chi connectivity index (χ4v) is 2.15. The van der Waals surface area contributed by atoms with Crippen LogP contribution in [0.25, 0.3) is 0 Å². The van der Waals surface area contributed by atoms with Crippen LogP contribution in [0.15, 0.2) is 12.5 Å². The van der Waals surface area contributed by atoms with E-state index in [9.17, 15) is 4.39 Å². The molecular weight excluding hydrogens is 251 g/mol. The molecule has 3 rings (SSSR count). The van der Waals surface area contributed by atoms with Gasteiger partial charge in [0.2, 0.25) is 5.88 Å². The third kappa shape index (κ3) is 1.96. The fraction of sp³-hybridized carbons (Fsp3) is 0.600. The van der Waals surface area contributed by atoms with Gasteiger partial charge in [-0.15, -0.1) is 0 Å². The number of halogens is 2. The van der Waals surface area contributed by atoms with E-state index in [1.807, 2.05) is 0 Å². The Hall–Kier alpha value is -0.980. The molecule has 7 heteroatoms. The van der Waals surface area contributed by atoms with Crippen molar-refractivity contribution in [3.8, 4) is 5.88 Å². The molecule has 2 fully saturated rings. The molecule has 0 radical (unpaired) electrons.